The molecule has 1 saturated heterocycles. The molecule has 1 amide bonds. The molecule has 3 heterocycles. The van der Waals surface area contributed by atoms with Crippen LogP contribution in [0.4, 0.5) is 24.8 Å². The van der Waals surface area contributed by atoms with E-state index in [4.69, 9.17) is 10.7 Å². The molecule has 0 spiro atoms. The summed E-state index contributed by atoms with van der Waals surface area (Å²) >= 11 is 0.953. The quantitative estimate of drug-likeness (QED) is 0.375. The number of carbonyl (C=O) groups excluding carboxylic acids is 1. The van der Waals surface area contributed by atoms with E-state index in [1.807, 2.05) is 4.90 Å². The summed E-state index contributed by atoms with van der Waals surface area (Å²) < 4.78 is 40.3. The molecule has 8 nitrogen and oxygen atoms in total. The number of rotatable bonds is 5. The molecule has 39 heavy (non-hydrogen) atoms. The number of amides is 1. The van der Waals surface area contributed by atoms with Crippen LogP contribution < -0.4 is 21.5 Å². The molecule has 0 saturated carbocycles. The van der Waals surface area contributed by atoms with Gasteiger partial charge in [0.1, 0.15) is 4.70 Å². The van der Waals surface area contributed by atoms with Crippen LogP contribution in [0.5, 0.6) is 0 Å². The molecule has 1 aliphatic heterocycles. The molecule has 1 fully saturated rings. The van der Waals surface area contributed by atoms with Gasteiger partial charge in [-0.25, -0.2) is 4.98 Å². The number of piperidine rings is 1. The van der Waals surface area contributed by atoms with Gasteiger partial charge in [0, 0.05) is 24.8 Å². The molecule has 200 valence electrons. The number of nitriles is 1. The zero-order valence-electron chi connectivity index (χ0n) is 20.5. The molecule has 0 aliphatic carbocycles. The van der Waals surface area contributed by atoms with E-state index >= 15 is 0 Å². The van der Waals surface area contributed by atoms with E-state index in [2.05, 4.69) is 11.4 Å². The maximum absolute atomic E-state index is 13.8. The topological polar surface area (TPSA) is 117 Å². The first-order chi connectivity index (χ1) is 18.6. The van der Waals surface area contributed by atoms with E-state index in [0.29, 0.717) is 35.7 Å². The van der Waals surface area contributed by atoms with Gasteiger partial charge in [-0.3, -0.25) is 14.2 Å². The third kappa shape index (κ3) is 5.50. The SMILES string of the molecule is N#Cc1ccccc1Cn1c(N2CCC[C@@H](N)C2)nc2cc(C(=O)Nc3ccc(C(F)(F)F)cc3)sc2c1=O. The van der Waals surface area contributed by atoms with Crippen molar-refractivity contribution in [3.8, 4) is 6.07 Å². The standard InChI is InChI=1S/C27H23F3N6O2S/c28-27(29,30)18-7-9-20(10-8-18)33-24(37)22-12-21-23(39-22)25(38)36(14-17-5-2-1-4-16(17)13-31)26(34-21)35-11-3-6-19(32)15-35/h1-2,4-5,7-10,12,19H,3,6,11,14-15,32H2,(H,33,37)/t19-/m1/s1. The van der Waals surface area contributed by atoms with Crippen molar-refractivity contribution in [2.24, 2.45) is 5.73 Å². The maximum atomic E-state index is 13.8. The second-order valence-electron chi connectivity index (χ2n) is 9.27. The lowest BCUT2D eigenvalue weighted by molar-refractivity contribution is -0.137. The molecular weight excluding hydrogens is 529 g/mol. The summed E-state index contributed by atoms with van der Waals surface area (Å²) in [6, 6.07) is 14.7. The van der Waals surface area contributed by atoms with Gasteiger partial charge in [-0.1, -0.05) is 18.2 Å². The van der Waals surface area contributed by atoms with Crippen molar-refractivity contribution in [3.05, 3.63) is 86.5 Å². The molecule has 2 aromatic carbocycles. The van der Waals surface area contributed by atoms with E-state index in [1.165, 1.54) is 22.8 Å². The minimum absolute atomic E-state index is 0.0845. The summed E-state index contributed by atoms with van der Waals surface area (Å²) in [4.78, 5) is 33.6. The molecule has 0 unspecified atom stereocenters. The van der Waals surface area contributed by atoms with Gasteiger partial charge in [0.2, 0.25) is 5.95 Å². The van der Waals surface area contributed by atoms with Crippen molar-refractivity contribution >= 4 is 39.1 Å². The van der Waals surface area contributed by atoms with Crippen LogP contribution in [-0.2, 0) is 12.7 Å². The summed E-state index contributed by atoms with van der Waals surface area (Å²) in [6.07, 6.45) is -2.80. The zero-order valence-corrected chi connectivity index (χ0v) is 21.4. The van der Waals surface area contributed by atoms with E-state index in [9.17, 15) is 28.0 Å². The number of hydrogen-bond donors (Lipinski definition) is 2. The first-order valence-electron chi connectivity index (χ1n) is 12.2. The number of anilines is 2. The number of carbonyl (C=O) groups is 1. The van der Waals surface area contributed by atoms with Crippen molar-refractivity contribution < 1.29 is 18.0 Å². The average Bonchev–Trinajstić information content (AvgIpc) is 3.35. The first-order valence-corrected chi connectivity index (χ1v) is 13.0. The van der Waals surface area contributed by atoms with Crippen LogP contribution in [0.3, 0.4) is 0 Å². The Morgan fingerprint density at radius 3 is 2.64 bits per heavy atom. The third-order valence-corrected chi connectivity index (χ3v) is 7.63. The van der Waals surface area contributed by atoms with Crippen molar-refractivity contribution in [1.82, 2.24) is 9.55 Å². The van der Waals surface area contributed by atoms with Crippen molar-refractivity contribution in [2.75, 3.05) is 23.3 Å². The number of nitrogens with two attached hydrogens (primary N) is 1. The molecular formula is C27H23F3N6O2S. The number of hydrogen-bond acceptors (Lipinski definition) is 7. The number of nitrogens with one attached hydrogen (secondary N) is 1. The third-order valence-electron chi connectivity index (χ3n) is 6.51. The Morgan fingerprint density at radius 1 is 1.21 bits per heavy atom. The predicted molar refractivity (Wildman–Crippen MR) is 143 cm³/mol. The van der Waals surface area contributed by atoms with E-state index in [-0.39, 0.29) is 33.4 Å². The highest BCUT2D eigenvalue weighted by Crippen LogP contribution is 2.31. The summed E-state index contributed by atoms with van der Waals surface area (Å²) in [5.74, 6) is -0.164. The number of aromatic nitrogens is 2. The van der Waals surface area contributed by atoms with E-state index in [1.54, 1.807) is 24.3 Å². The predicted octanol–water partition coefficient (Wildman–Crippen LogP) is 4.58. The molecule has 0 bridgehead atoms. The van der Waals surface area contributed by atoms with Crippen molar-refractivity contribution in [1.29, 1.82) is 5.26 Å². The lowest BCUT2D eigenvalue weighted by Crippen LogP contribution is -2.45. The van der Waals surface area contributed by atoms with Crippen molar-refractivity contribution in [2.45, 2.75) is 31.6 Å². The minimum Gasteiger partial charge on any atom is -0.341 e. The minimum atomic E-state index is -4.48. The number of thiophene rings is 1. The Morgan fingerprint density at radius 2 is 1.95 bits per heavy atom. The summed E-state index contributed by atoms with van der Waals surface area (Å²) in [7, 11) is 0. The summed E-state index contributed by atoms with van der Waals surface area (Å²) in [5.41, 5.74) is 6.63. The number of benzene rings is 2. The number of alkyl halides is 3. The number of halogens is 3. The van der Waals surface area contributed by atoms with Gasteiger partial charge in [-0.2, -0.15) is 18.4 Å². The summed E-state index contributed by atoms with van der Waals surface area (Å²) in [5, 5.41) is 12.1. The van der Waals surface area contributed by atoms with E-state index in [0.717, 1.165) is 36.3 Å². The van der Waals surface area contributed by atoms with Crippen LogP contribution in [0, 0.1) is 11.3 Å². The fourth-order valence-electron chi connectivity index (χ4n) is 4.56. The van der Waals surface area contributed by atoms with Gasteiger partial charge < -0.3 is 16.0 Å². The molecule has 1 atom stereocenters. The monoisotopic (exact) mass is 552 g/mol. The molecule has 12 heteroatoms. The van der Waals surface area contributed by atoms with Crippen LogP contribution in [0.2, 0.25) is 0 Å². The van der Waals surface area contributed by atoms with Crippen LogP contribution in [0.25, 0.3) is 10.2 Å². The number of fused-ring (bicyclic) bond motifs is 1. The first kappa shape index (κ1) is 26.4. The van der Waals surface area contributed by atoms with Crippen LogP contribution >= 0.6 is 11.3 Å². The Labute approximate surface area is 225 Å². The second kappa shape index (κ2) is 10.5. The Bertz CT molecular complexity index is 1640. The van der Waals surface area contributed by atoms with Crippen molar-refractivity contribution in [3.63, 3.8) is 0 Å². The van der Waals surface area contributed by atoms with Crippen LogP contribution in [0.1, 0.15) is 39.2 Å². The Kier molecular flexibility index (Phi) is 7.12. The normalized spacial score (nSPS) is 15.8. The van der Waals surface area contributed by atoms with Gasteiger partial charge in [0.25, 0.3) is 11.5 Å². The van der Waals surface area contributed by atoms with Gasteiger partial charge in [-0.05, 0) is 54.8 Å². The highest BCUT2D eigenvalue weighted by molar-refractivity contribution is 7.20. The Hall–Kier alpha value is -4.21. The molecule has 3 N–H and O–H groups in total. The lowest BCUT2D eigenvalue weighted by atomic mass is 10.1. The van der Waals surface area contributed by atoms with Gasteiger partial charge in [-0.15, -0.1) is 11.3 Å². The fourth-order valence-corrected chi connectivity index (χ4v) is 5.50. The summed E-state index contributed by atoms with van der Waals surface area (Å²) in [6.45, 7) is 1.26. The number of nitrogens with zero attached hydrogens (tertiary/aromatic N) is 4. The second-order valence-corrected chi connectivity index (χ2v) is 10.3. The van der Waals surface area contributed by atoms with Gasteiger partial charge in [0.15, 0.2) is 0 Å². The zero-order chi connectivity index (χ0) is 27.7. The van der Waals surface area contributed by atoms with Crippen LogP contribution in [0.15, 0.2) is 59.4 Å². The smallest absolute Gasteiger partial charge is 0.341 e. The fraction of sp³-hybridized carbons (Fsp3) is 0.259. The average molecular weight is 553 g/mol. The largest absolute Gasteiger partial charge is 0.416 e. The highest BCUT2D eigenvalue weighted by Gasteiger charge is 2.30. The maximum Gasteiger partial charge on any atom is 0.416 e. The molecule has 1 aliphatic rings. The molecule has 2 aromatic heterocycles. The molecule has 4 aromatic rings. The van der Waals surface area contributed by atoms with Crippen LogP contribution in [-0.4, -0.2) is 34.6 Å². The Balaban J connectivity index is 1.53. The van der Waals surface area contributed by atoms with Gasteiger partial charge in [0.05, 0.1) is 34.1 Å². The van der Waals surface area contributed by atoms with Gasteiger partial charge >= 0.3 is 6.18 Å². The molecule has 5 rings (SSSR count). The highest BCUT2D eigenvalue weighted by atomic mass is 32.1. The van der Waals surface area contributed by atoms with E-state index < -0.39 is 17.6 Å². The lowest BCUT2D eigenvalue weighted by Gasteiger charge is -2.33. The molecule has 0 radical (unpaired) electrons.